The highest BCUT2D eigenvalue weighted by Gasteiger charge is 2.21. The standard InChI is InChI=1S/C22H21N5/c1-4-10-17(11-5-1)19-16-20(27(25-19)18-12-6-2-7-13-18)22-24-23-21-14-8-3-9-15-26(21)22/h1-2,4-7,10-13,16H,3,8-9,14-15H2. The van der Waals surface area contributed by atoms with Gasteiger partial charge in [-0.25, -0.2) is 4.68 Å². The molecule has 0 spiro atoms. The molecule has 0 amide bonds. The molecule has 27 heavy (non-hydrogen) atoms. The van der Waals surface area contributed by atoms with Gasteiger partial charge in [-0.3, -0.25) is 0 Å². The number of hydrogen-bond acceptors (Lipinski definition) is 3. The molecule has 0 radical (unpaired) electrons. The van der Waals surface area contributed by atoms with Crippen LogP contribution in [0.2, 0.25) is 0 Å². The van der Waals surface area contributed by atoms with E-state index in [9.17, 15) is 0 Å². The van der Waals surface area contributed by atoms with Gasteiger partial charge in [0.15, 0.2) is 5.82 Å². The van der Waals surface area contributed by atoms with E-state index < -0.39 is 0 Å². The highest BCUT2D eigenvalue weighted by molar-refractivity contribution is 5.67. The minimum atomic E-state index is 0.908. The van der Waals surface area contributed by atoms with Crippen molar-refractivity contribution in [3.8, 4) is 28.5 Å². The molecule has 134 valence electrons. The average Bonchev–Trinajstić information content (AvgIpc) is 3.27. The van der Waals surface area contributed by atoms with Gasteiger partial charge in [-0.05, 0) is 31.0 Å². The number of fused-ring (bicyclic) bond motifs is 1. The van der Waals surface area contributed by atoms with Crippen LogP contribution in [0.1, 0.15) is 25.1 Å². The summed E-state index contributed by atoms with van der Waals surface area (Å²) in [7, 11) is 0. The molecule has 0 saturated heterocycles. The Balaban J connectivity index is 1.69. The molecule has 0 atom stereocenters. The third-order valence-corrected chi connectivity index (χ3v) is 5.12. The van der Waals surface area contributed by atoms with Gasteiger partial charge in [0.2, 0.25) is 0 Å². The summed E-state index contributed by atoms with van der Waals surface area (Å²) in [4.78, 5) is 0. The Bertz CT molecular complexity index is 1050. The van der Waals surface area contributed by atoms with Gasteiger partial charge in [0.25, 0.3) is 0 Å². The molecular weight excluding hydrogens is 334 g/mol. The SMILES string of the molecule is c1ccc(-c2cc(-c3nnc4n3CCCCC4)n(-c3ccccc3)n2)cc1. The summed E-state index contributed by atoms with van der Waals surface area (Å²) in [5.74, 6) is 2.00. The smallest absolute Gasteiger partial charge is 0.182 e. The van der Waals surface area contributed by atoms with Crippen LogP contribution in [0.3, 0.4) is 0 Å². The van der Waals surface area contributed by atoms with Crippen LogP contribution in [-0.2, 0) is 13.0 Å². The third kappa shape index (κ3) is 2.95. The van der Waals surface area contributed by atoms with Gasteiger partial charge in [-0.1, -0.05) is 55.0 Å². The maximum atomic E-state index is 4.91. The van der Waals surface area contributed by atoms with Crippen LogP contribution in [0, 0.1) is 0 Å². The Morgan fingerprint density at radius 2 is 1.56 bits per heavy atom. The molecule has 2 aromatic carbocycles. The van der Waals surface area contributed by atoms with Crippen LogP contribution in [0.4, 0.5) is 0 Å². The molecular formula is C22H21N5. The van der Waals surface area contributed by atoms with Gasteiger partial charge in [0, 0.05) is 18.5 Å². The number of rotatable bonds is 3. The fourth-order valence-corrected chi connectivity index (χ4v) is 3.73. The van der Waals surface area contributed by atoms with Gasteiger partial charge < -0.3 is 4.57 Å². The molecule has 5 heteroatoms. The van der Waals surface area contributed by atoms with Gasteiger partial charge in [-0.2, -0.15) is 5.10 Å². The van der Waals surface area contributed by atoms with E-state index in [4.69, 9.17) is 5.10 Å². The summed E-state index contributed by atoms with van der Waals surface area (Å²) >= 11 is 0. The van der Waals surface area contributed by atoms with Crippen molar-refractivity contribution in [3.63, 3.8) is 0 Å². The maximum Gasteiger partial charge on any atom is 0.182 e. The molecule has 5 rings (SSSR count). The molecule has 0 aliphatic carbocycles. The maximum absolute atomic E-state index is 4.91. The molecule has 1 aliphatic heterocycles. The fourth-order valence-electron chi connectivity index (χ4n) is 3.73. The van der Waals surface area contributed by atoms with Gasteiger partial charge in [0.05, 0.1) is 11.4 Å². The molecule has 0 saturated carbocycles. The molecule has 2 aromatic heterocycles. The minimum Gasteiger partial charge on any atom is -0.310 e. The van der Waals surface area contributed by atoms with E-state index in [1.54, 1.807) is 0 Å². The van der Waals surface area contributed by atoms with Crippen LogP contribution >= 0.6 is 0 Å². The summed E-state index contributed by atoms with van der Waals surface area (Å²) in [6.07, 6.45) is 4.60. The number of aromatic nitrogens is 5. The summed E-state index contributed by atoms with van der Waals surface area (Å²) in [6.45, 7) is 0.971. The molecule has 1 aliphatic rings. The van der Waals surface area contributed by atoms with Crippen molar-refractivity contribution in [1.82, 2.24) is 24.5 Å². The number of aryl methyl sites for hydroxylation is 1. The first kappa shape index (κ1) is 16.0. The van der Waals surface area contributed by atoms with Gasteiger partial charge in [0.1, 0.15) is 11.5 Å². The van der Waals surface area contributed by atoms with Crippen molar-refractivity contribution in [2.24, 2.45) is 0 Å². The lowest BCUT2D eigenvalue weighted by Crippen LogP contribution is -2.06. The zero-order valence-electron chi connectivity index (χ0n) is 15.1. The van der Waals surface area contributed by atoms with Crippen LogP contribution in [0.5, 0.6) is 0 Å². The largest absolute Gasteiger partial charge is 0.310 e. The zero-order chi connectivity index (χ0) is 18.1. The highest BCUT2D eigenvalue weighted by Crippen LogP contribution is 2.29. The summed E-state index contributed by atoms with van der Waals surface area (Å²) < 4.78 is 4.27. The van der Waals surface area contributed by atoms with Crippen molar-refractivity contribution in [2.75, 3.05) is 0 Å². The van der Waals surface area contributed by atoms with Crippen molar-refractivity contribution < 1.29 is 0 Å². The van der Waals surface area contributed by atoms with E-state index in [0.717, 1.165) is 47.3 Å². The van der Waals surface area contributed by atoms with Crippen molar-refractivity contribution in [3.05, 3.63) is 72.6 Å². The van der Waals surface area contributed by atoms with E-state index >= 15 is 0 Å². The van der Waals surface area contributed by atoms with Crippen molar-refractivity contribution in [2.45, 2.75) is 32.2 Å². The molecule has 0 unspecified atom stereocenters. The molecule has 0 N–H and O–H groups in total. The normalized spacial score (nSPS) is 13.9. The summed E-state index contributed by atoms with van der Waals surface area (Å²) in [6, 6.07) is 22.7. The Labute approximate surface area is 158 Å². The average molecular weight is 355 g/mol. The first-order valence-electron chi connectivity index (χ1n) is 9.53. The lowest BCUT2D eigenvalue weighted by molar-refractivity contribution is 0.634. The second-order valence-electron chi connectivity index (χ2n) is 6.93. The molecule has 3 heterocycles. The molecule has 0 bridgehead atoms. The van der Waals surface area contributed by atoms with Crippen LogP contribution < -0.4 is 0 Å². The van der Waals surface area contributed by atoms with E-state index in [0.29, 0.717) is 0 Å². The molecule has 0 fully saturated rings. The van der Waals surface area contributed by atoms with Crippen molar-refractivity contribution >= 4 is 0 Å². The Morgan fingerprint density at radius 3 is 2.37 bits per heavy atom. The first-order valence-corrected chi connectivity index (χ1v) is 9.53. The second kappa shape index (κ2) is 6.83. The summed E-state index contributed by atoms with van der Waals surface area (Å²) in [5, 5.41) is 14.0. The van der Waals surface area contributed by atoms with Crippen LogP contribution in [0.15, 0.2) is 66.7 Å². The Kier molecular flexibility index (Phi) is 4.05. The predicted molar refractivity (Wildman–Crippen MR) is 106 cm³/mol. The lowest BCUT2D eigenvalue weighted by atomic mass is 10.1. The van der Waals surface area contributed by atoms with Gasteiger partial charge in [-0.15, -0.1) is 10.2 Å². The van der Waals surface area contributed by atoms with Crippen LogP contribution in [-0.4, -0.2) is 24.5 Å². The number of nitrogens with zero attached hydrogens (tertiary/aromatic N) is 5. The monoisotopic (exact) mass is 355 g/mol. The topological polar surface area (TPSA) is 48.5 Å². The van der Waals surface area contributed by atoms with Gasteiger partial charge >= 0.3 is 0 Å². The summed E-state index contributed by atoms with van der Waals surface area (Å²) in [5.41, 5.74) is 4.06. The van der Waals surface area contributed by atoms with E-state index in [-0.39, 0.29) is 0 Å². The van der Waals surface area contributed by atoms with E-state index in [2.05, 4.69) is 45.1 Å². The number of hydrogen-bond donors (Lipinski definition) is 0. The molecule has 4 aromatic rings. The Hall–Kier alpha value is -3.21. The quantitative estimate of drug-likeness (QED) is 0.543. The lowest BCUT2D eigenvalue weighted by Gasteiger charge is -2.09. The second-order valence-corrected chi connectivity index (χ2v) is 6.93. The predicted octanol–water partition coefficient (Wildman–Crippen LogP) is 4.52. The van der Waals surface area contributed by atoms with E-state index in [1.165, 1.54) is 19.3 Å². The van der Waals surface area contributed by atoms with E-state index in [1.807, 2.05) is 41.1 Å². The number of para-hydroxylation sites is 1. The van der Waals surface area contributed by atoms with Crippen molar-refractivity contribution in [1.29, 1.82) is 0 Å². The fraction of sp³-hybridized carbons (Fsp3) is 0.227. The third-order valence-electron chi connectivity index (χ3n) is 5.12. The molecule has 5 nitrogen and oxygen atoms in total. The minimum absolute atomic E-state index is 0.908. The highest BCUT2D eigenvalue weighted by atomic mass is 15.3. The first-order chi connectivity index (χ1) is 13.4. The van der Waals surface area contributed by atoms with Crippen LogP contribution in [0.25, 0.3) is 28.5 Å². The Morgan fingerprint density at radius 1 is 0.778 bits per heavy atom. The number of benzene rings is 2. The zero-order valence-corrected chi connectivity index (χ0v) is 15.1.